The van der Waals surface area contributed by atoms with Crippen LogP contribution in [0.1, 0.15) is 17.9 Å². The van der Waals surface area contributed by atoms with Gasteiger partial charge in [0.1, 0.15) is 9.75 Å². The van der Waals surface area contributed by atoms with E-state index in [1.54, 1.807) is 18.2 Å². The molecule has 1 aromatic heterocycles. The lowest BCUT2D eigenvalue weighted by molar-refractivity contribution is -0.140. The summed E-state index contributed by atoms with van der Waals surface area (Å²) < 4.78 is 28.3. The third-order valence-corrected chi connectivity index (χ3v) is 8.22. The van der Waals surface area contributed by atoms with Gasteiger partial charge >= 0.3 is 5.97 Å². The van der Waals surface area contributed by atoms with Crippen LogP contribution in [0, 0.1) is 0 Å². The standard InChI is InChI=1S/C20H16ClNO4S2/c21-15-8-6-14(7-9-15)17-10-11-18(27-17)28(25,26)22-20(19(23)24)12-16(20)13-4-2-1-3-5-13/h1-11,16,22H,12H2,(H,23,24)/t16-,20+/m0/s1. The monoisotopic (exact) mass is 433 g/mol. The summed E-state index contributed by atoms with van der Waals surface area (Å²) in [5.41, 5.74) is 0.142. The van der Waals surface area contributed by atoms with Crippen molar-refractivity contribution >= 4 is 38.9 Å². The van der Waals surface area contributed by atoms with E-state index in [-0.39, 0.29) is 10.6 Å². The van der Waals surface area contributed by atoms with Gasteiger partial charge in [-0.05, 0) is 41.8 Å². The molecule has 1 aliphatic rings. The third-order valence-electron chi connectivity index (χ3n) is 4.84. The molecule has 0 saturated heterocycles. The Balaban J connectivity index is 1.60. The van der Waals surface area contributed by atoms with Crippen molar-refractivity contribution in [3.05, 3.63) is 77.3 Å². The molecular weight excluding hydrogens is 418 g/mol. The summed E-state index contributed by atoms with van der Waals surface area (Å²) in [5.74, 6) is -1.56. The van der Waals surface area contributed by atoms with Crippen LogP contribution < -0.4 is 4.72 Å². The summed E-state index contributed by atoms with van der Waals surface area (Å²) in [6.45, 7) is 0. The number of rotatable bonds is 6. The Morgan fingerprint density at radius 2 is 1.75 bits per heavy atom. The fraction of sp³-hybridized carbons (Fsp3) is 0.150. The smallest absolute Gasteiger partial charge is 0.325 e. The molecular formula is C20H16ClNO4S2. The summed E-state index contributed by atoms with van der Waals surface area (Å²) in [6, 6.07) is 19.4. The predicted molar refractivity (Wildman–Crippen MR) is 109 cm³/mol. The van der Waals surface area contributed by atoms with Crippen LogP contribution in [0.25, 0.3) is 10.4 Å². The van der Waals surface area contributed by atoms with Crippen molar-refractivity contribution in [2.24, 2.45) is 0 Å². The molecule has 2 aromatic carbocycles. The maximum absolute atomic E-state index is 12.9. The van der Waals surface area contributed by atoms with E-state index >= 15 is 0 Å². The van der Waals surface area contributed by atoms with E-state index in [1.807, 2.05) is 42.5 Å². The Labute approximate surface area is 171 Å². The topological polar surface area (TPSA) is 83.5 Å². The van der Waals surface area contributed by atoms with E-state index < -0.39 is 27.4 Å². The van der Waals surface area contributed by atoms with Crippen LogP contribution in [0.3, 0.4) is 0 Å². The van der Waals surface area contributed by atoms with Crippen LogP contribution in [0.4, 0.5) is 0 Å². The van der Waals surface area contributed by atoms with Crippen LogP contribution in [-0.2, 0) is 14.8 Å². The normalized spacial score (nSPS) is 21.4. The van der Waals surface area contributed by atoms with Gasteiger partial charge in [-0.1, -0.05) is 54.1 Å². The molecule has 0 radical (unpaired) electrons. The summed E-state index contributed by atoms with van der Waals surface area (Å²) in [4.78, 5) is 12.7. The number of nitrogens with one attached hydrogen (secondary N) is 1. The number of thiophene rings is 1. The Hall–Kier alpha value is -2.19. The molecule has 28 heavy (non-hydrogen) atoms. The number of sulfonamides is 1. The first-order valence-corrected chi connectivity index (χ1v) is 11.2. The van der Waals surface area contributed by atoms with Crippen molar-refractivity contribution < 1.29 is 18.3 Å². The highest BCUT2D eigenvalue weighted by atomic mass is 35.5. The lowest BCUT2D eigenvalue weighted by Gasteiger charge is -2.14. The quantitative estimate of drug-likeness (QED) is 0.605. The van der Waals surface area contributed by atoms with Crippen molar-refractivity contribution in [2.75, 3.05) is 0 Å². The number of halogens is 1. The highest BCUT2D eigenvalue weighted by molar-refractivity contribution is 7.91. The Morgan fingerprint density at radius 3 is 2.39 bits per heavy atom. The van der Waals surface area contributed by atoms with E-state index in [9.17, 15) is 18.3 Å². The molecule has 2 N–H and O–H groups in total. The Bertz CT molecular complexity index is 1130. The second-order valence-corrected chi connectivity index (χ2v) is 10.1. The molecule has 1 fully saturated rings. The fourth-order valence-corrected chi connectivity index (χ4v) is 6.11. The van der Waals surface area contributed by atoms with E-state index in [4.69, 9.17) is 11.6 Å². The van der Waals surface area contributed by atoms with Gasteiger partial charge in [-0.15, -0.1) is 11.3 Å². The number of carboxylic acid groups (broad SMARTS) is 1. The molecule has 8 heteroatoms. The van der Waals surface area contributed by atoms with E-state index in [0.29, 0.717) is 5.02 Å². The van der Waals surface area contributed by atoms with E-state index in [0.717, 1.165) is 27.3 Å². The maximum Gasteiger partial charge on any atom is 0.325 e. The Morgan fingerprint density at radius 1 is 1.07 bits per heavy atom. The highest BCUT2D eigenvalue weighted by Gasteiger charge is 2.63. The maximum atomic E-state index is 12.9. The molecule has 1 aliphatic carbocycles. The van der Waals surface area contributed by atoms with Crippen molar-refractivity contribution in [1.29, 1.82) is 0 Å². The average molecular weight is 434 g/mol. The summed E-state index contributed by atoms with van der Waals surface area (Å²) in [5, 5.41) is 10.3. The first-order chi connectivity index (χ1) is 13.3. The van der Waals surface area contributed by atoms with Crippen LogP contribution in [-0.4, -0.2) is 25.0 Å². The fourth-order valence-electron chi connectivity index (χ4n) is 3.27. The van der Waals surface area contributed by atoms with Crippen molar-refractivity contribution in [3.63, 3.8) is 0 Å². The third kappa shape index (κ3) is 3.46. The summed E-state index contributed by atoms with van der Waals surface area (Å²) in [6.07, 6.45) is 0.223. The average Bonchev–Trinajstić information content (AvgIpc) is 3.17. The van der Waals surface area contributed by atoms with Crippen molar-refractivity contribution in [3.8, 4) is 10.4 Å². The van der Waals surface area contributed by atoms with Gasteiger partial charge in [-0.25, -0.2) is 8.42 Å². The predicted octanol–water partition coefficient (Wildman–Crippen LogP) is 4.36. The minimum Gasteiger partial charge on any atom is -0.480 e. The van der Waals surface area contributed by atoms with E-state index in [1.165, 1.54) is 6.07 Å². The molecule has 1 heterocycles. The van der Waals surface area contributed by atoms with Gasteiger partial charge in [-0.2, -0.15) is 4.72 Å². The van der Waals surface area contributed by atoms with Crippen molar-refractivity contribution in [1.82, 2.24) is 4.72 Å². The Kier molecular flexibility index (Phi) is 4.79. The highest BCUT2D eigenvalue weighted by Crippen LogP contribution is 2.52. The first-order valence-electron chi connectivity index (χ1n) is 8.50. The van der Waals surface area contributed by atoms with Gasteiger partial charge in [0, 0.05) is 15.8 Å². The number of hydrogen-bond acceptors (Lipinski definition) is 4. The molecule has 144 valence electrons. The molecule has 0 spiro atoms. The van der Waals surface area contributed by atoms with Gasteiger partial charge in [-0.3, -0.25) is 4.79 Å². The van der Waals surface area contributed by atoms with Crippen LogP contribution in [0.15, 0.2) is 70.9 Å². The van der Waals surface area contributed by atoms with Gasteiger partial charge in [0.05, 0.1) is 0 Å². The molecule has 2 atom stereocenters. The summed E-state index contributed by atoms with van der Waals surface area (Å²) >= 11 is 6.98. The number of hydrogen-bond donors (Lipinski definition) is 2. The molecule has 4 rings (SSSR count). The molecule has 5 nitrogen and oxygen atoms in total. The van der Waals surface area contributed by atoms with Crippen molar-refractivity contribution in [2.45, 2.75) is 22.1 Å². The molecule has 0 bridgehead atoms. The van der Waals surface area contributed by atoms with Gasteiger partial charge in [0.25, 0.3) is 10.0 Å². The first kappa shape index (κ1) is 19.1. The molecule has 0 amide bonds. The lowest BCUT2D eigenvalue weighted by Crippen LogP contribution is -2.44. The number of benzene rings is 2. The lowest BCUT2D eigenvalue weighted by atomic mass is 10.1. The molecule has 0 aliphatic heterocycles. The zero-order valence-corrected chi connectivity index (χ0v) is 16.9. The minimum atomic E-state index is -3.98. The molecule has 1 saturated carbocycles. The minimum absolute atomic E-state index is 0.0804. The second-order valence-electron chi connectivity index (χ2n) is 6.67. The van der Waals surface area contributed by atoms with E-state index in [2.05, 4.69) is 4.72 Å². The largest absolute Gasteiger partial charge is 0.480 e. The van der Waals surface area contributed by atoms with Crippen LogP contribution >= 0.6 is 22.9 Å². The number of carbonyl (C=O) groups is 1. The van der Waals surface area contributed by atoms with Crippen LogP contribution in [0.5, 0.6) is 0 Å². The van der Waals surface area contributed by atoms with Gasteiger partial charge in [0.2, 0.25) is 0 Å². The number of carboxylic acids is 1. The second kappa shape index (κ2) is 7.00. The number of aliphatic carboxylic acids is 1. The zero-order chi connectivity index (χ0) is 19.9. The SMILES string of the molecule is O=C(O)[C@@]1(NS(=O)(=O)c2ccc(-c3ccc(Cl)cc3)s2)C[C@H]1c1ccccc1. The van der Waals surface area contributed by atoms with Gasteiger partial charge < -0.3 is 5.11 Å². The molecule has 0 unspecified atom stereocenters. The van der Waals surface area contributed by atoms with Crippen LogP contribution in [0.2, 0.25) is 5.02 Å². The zero-order valence-electron chi connectivity index (χ0n) is 14.5. The molecule has 3 aromatic rings. The summed E-state index contributed by atoms with van der Waals surface area (Å²) in [7, 11) is -3.98. The van der Waals surface area contributed by atoms with Gasteiger partial charge in [0.15, 0.2) is 0 Å².